The third-order valence-electron chi connectivity index (χ3n) is 3.43. The molecule has 92 valence electrons. The summed E-state index contributed by atoms with van der Waals surface area (Å²) in [4.78, 5) is 0. The van der Waals surface area contributed by atoms with Gasteiger partial charge in [-0.15, -0.1) is 0 Å². The number of para-hydroxylation sites is 1. The number of nitrogens with one attached hydrogen (secondary N) is 1. The second kappa shape index (κ2) is 5.26. The van der Waals surface area contributed by atoms with Gasteiger partial charge in [0.25, 0.3) is 0 Å². The van der Waals surface area contributed by atoms with Gasteiger partial charge in [-0.1, -0.05) is 24.8 Å². The van der Waals surface area contributed by atoms with E-state index in [4.69, 9.17) is 4.74 Å². The fourth-order valence-corrected chi connectivity index (χ4v) is 2.47. The molecule has 1 aromatic carbocycles. The molecule has 2 atom stereocenters. The summed E-state index contributed by atoms with van der Waals surface area (Å²) in [6.07, 6.45) is 2.05. The molecule has 0 spiro atoms. The largest absolute Gasteiger partial charge is 0.499 e. The predicted molar refractivity (Wildman–Crippen MR) is 72.1 cm³/mol. The standard InChI is InChI=1S/C15H21NO/c1-4-17-11(2)9-14-10-13-7-5-6-8-15(13)16-12(14)3/h5-8,12,14,16H,2,4,9-10H2,1,3H3. The minimum absolute atomic E-state index is 0.474. The Morgan fingerprint density at radius 1 is 1.47 bits per heavy atom. The molecule has 2 unspecified atom stereocenters. The molecule has 0 fully saturated rings. The number of allylic oxidation sites excluding steroid dienone is 1. The molecule has 0 aliphatic carbocycles. The van der Waals surface area contributed by atoms with Crippen LogP contribution in [0, 0.1) is 5.92 Å². The van der Waals surface area contributed by atoms with Crippen LogP contribution in [0.15, 0.2) is 36.6 Å². The zero-order valence-corrected chi connectivity index (χ0v) is 10.7. The van der Waals surface area contributed by atoms with Crippen LogP contribution in [-0.2, 0) is 11.2 Å². The smallest absolute Gasteiger partial charge is 0.0891 e. The van der Waals surface area contributed by atoms with Gasteiger partial charge in [0, 0.05) is 18.2 Å². The molecule has 0 radical (unpaired) electrons. The van der Waals surface area contributed by atoms with Crippen molar-refractivity contribution in [3.8, 4) is 0 Å². The number of benzene rings is 1. The topological polar surface area (TPSA) is 21.3 Å². The molecule has 2 nitrogen and oxygen atoms in total. The van der Waals surface area contributed by atoms with Crippen LogP contribution < -0.4 is 5.32 Å². The van der Waals surface area contributed by atoms with Crippen molar-refractivity contribution in [1.29, 1.82) is 0 Å². The van der Waals surface area contributed by atoms with Gasteiger partial charge in [0.1, 0.15) is 0 Å². The maximum absolute atomic E-state index is 5.46. The van der Waals surface area contributed by atoms with Gasteiger partial charge in [0.05, 0.1) is 12.4 Å². The van der Waals surface area contributed by atoms with E-state index in [1.54, 1.807) is 0 Å². The van der Waals surface area contributed by atoms with Gasteiger partial charge >= 0.3 is 0 Å². The van der Waals surface area contributed by atoms with Crippen LogP contribution in [-0.4, -0.2) is 12.6 Å². The van der Waals surface area contributed by atoms with E-state index in [1.165, 1.54) is 11.3 Å². The van der Waals surface area contributed by atoms with Gasteiger partial charge in [0.15, 0.2) is 0 Å². The maximum Gasteiger partial charge on any atom is 0.0891 e. The lowest BCUT2D eigenvalue weighted by atomic mass is 9.85. The predicted octanol–water partition coefficient (Wildman–Crippen LogP) is 3.60. The SMILES string of the molecule is C=C(CC1Cc2ccccc2NC1C)OCC. The molecular weight excluding hydrogens is 210 g/mol. The maximum atomic E-state index is 5.46. The summed E-state index contributed by atoms with van der Waals surface area (Å²) in [6, 6.07) is 9.01. The van der Waals surface area contributed by atoms with E-state index in [0.29, 0.717) is 18.6 Å². The van der Waals surface area contributed by atoms with E-state index in [1.807, 2.05) is 6.92 Å². The van der Waals surface area contributed by atoms with Crippen molar-refractivity contribution in [2.75, 3.05) is 11.9 Å². The van der Waals surface area contributed by atoms with Crippen LogP contribution in [0.4, 0.5) is 5.69 Å². The second-order valence-electron chi connectivity index (χ2n) is 4.73. The average molecular weight is 231 g/mol. The highest BCUT2D eigenvalue weighted by Gasteiger charge is 2.25. The fraction of sp³-hybridized carbons (Fsp3) is 0.467. The Bertz CT molecular complexity index is 400. The summed E-state index contributed by atoms with van der Waals surface area (Å²) in [5, 5.41) is 3.56. The highest BCUT2D eigenvalue weighted by Crippen LogP contribution is 2.31. The van der Waals surface area contributed by atoms with Crippen LogP contribution in [0.3, 0.4) is 0 Å². The molecule has 0 saturated carbocycles. The second-order valence-corrected chi connectivity index (χ2v) is 4.73. The Hall–Kier alpha value is -1.44. The number of fused-ring (bicyclic) bond motifs is 1. The minimum Gasteiger partial charge on any atom is -0.499 e. The molecule has 2 rings (SSSR count). The molecule has 1 aromatic rings. The molecule has 0 bridgehead atoms. The molecule has 1 aliphatic rings. The fourth-order valence-electron chi connectivity index (χ4n) is 2.47. The van der Waals surface area contributed by atoms with Crippen molar-refractivity contribution in [1.82, 2.24) is 0 Å². The monoisotopic (exact) mass is 231 g/mol. The molecule has 1 N–H and O–H groups in total. The van der Waals surface area contributed by atoms with Crippen molar-refractivity contribution in [3.63, 3.8) is 0 Å². The van der Waals surface area contributed by atoms with Gasteiger partial charge in [-0.25, -0.2) is 0 Å². The zero-order valence-electron chi connectivity index (χ0n) is 10.7. The first-order valence-corrected chi connectivity index (χ1v) is 6.35. The third kappa shape index (κ3) is 2.82. The lowest BCUT2D eigenvalue weighted by molar-refractivity contribution is 0.204. The van der Waals surface area contributed by atoms with Crippen molar-refractivity contribution in [3.05, 3.63) is 42.2 Å². The Kier molecular flexibility index (Phi) is 3.72. The molecule has 1 heterocycles. The summed E-state index contributed by atoms with van der Waals surface area (Å²) in [5.74, 6) is 1.48. The molecule has 1 aliphatic heterocycles. The summed E-state index contributed by atoms with van der Waals surface area (Å²) in [5.41, 5.74) is 2.68. The average Bonchev–Trinajstić information content (AvgIpc) is 2.30. The third-order valence-corrected chi connectivity index (χ3v) is 3.43. The van der Waals surface area contributed by atoms with Gasteiger partial charge in [-0.2, -0.15) is 0 Å². The first-order valence-electron chi connectivity index (χ1n) is 6.35. The molecule has 0 saturated heterocycles. The zero-order chi connectivity index (χ0) is 12.3. The number of anilines is 1. The van der Waals surface area contributed by atoms with Gasteiger partial charge < -0.3 is 10.1 Å². The summed E-state index contributed by atoms with van der Waals surface area (Å²) in [6.45, 7) is 8.93. The van der Waals surface area contributed by atoms with Gasteiger partial charge in [-0.3, -0.25) is 0 Å². The van der Waals surface area contributed by atoms with Crippen molar-refractivity contribution < 1.29 is 4.74 Å². The Morgan fingerprint density at radius 3 is 3.00 bits per heavy atom. The first kappa shape index (κ1) is 12.0. The van der Waals surface area contributed by atoms with Gasteiger partial charge in [-0.05, 0) is 37.8 Å². The molecule has 17 heavy (non-hydrogen) atoms. The van der Waals surface area contributed by atoms with Crippen LogP contribution >= 0.6 is 0 Å². The quantitative estimate of drug-likeness (QED) is 0.799. The normalized spacial score (nSPS) is 22.5. The van der Waals surface area contributed by atoms with E-state index in [0.717, 1.165) is 18.6 Å². The highest BCUT2D eigenvalue weighted by atomic mass is 16.5. The van der Waals surface area contributed by atoms with Crippen molar-refractivity contribution in [2.24, 2.45) is 5.92 Å². The Balaban J connectivity index is 2.04. The number of rotatable bonds is 4. The summed E-state index contributed by atoms with van der Waals surface area (Å²) < 4.78 is 5.46. The Morgan fingerprint density at radius 2 is 2.24 bits per heavy atom. The minimum atomic E-state index is 0.474. The lowest BCUT2D eigenvalue weighted by Crippen LogP contribution is -2.32. The van der Waals surface area contributed by atoms with Crippen molar-refractivity contribution in [2.45, 2.75) is 32.7 Å². The van der Waals surface area contributed by atoms with Gasteiger partial charge in [0.2, 0.25) is 0 Å². The van der Waals surface area contributed by atoms with Crippen LogP contribution in [0.1, 0.15) is 25.8 Å². The van der Waals surface area contributed by atoms with Crippen molar-refractivity contribution >= 4 is 5.69 Å². The number of hydrogen-bond acceptors (Lipinski definition) is 2. The van der Waals surface area contributed by atoms with E-state index < -0.39 is 0 Å². The highest BCUT2D eigenvalue weighted by molar-refractivity contribution is 5.54. The van der Waals surface area contributed by atoms with Crippen LogP contribution in [0.2, 0.25) is 0 Å². The molecular formula is C15H21NO. The number of hydrogen-bond donors (Lipinski definition) is 1. The Labute approximate surface area is 104 Å². The van der Waals surface area contributed by atoms with E-state index in [2.05, 4.69) is 43.1 Å². The van der Waals surface area contributed by atoms with E-state index in [-0.39, 0.29) is 0 Å². The molecule has 0 aromatic heterocycles. The molecule has 0 amide bonds. The summed E-state index contributed by atoms with van der Waals surface area (Å²) in [7, 11) is 0. The van der Waals surface area contributed by atoms with Crippen LogP contribution in [0.25, 0.3) is 0 Å². The van der Waals surface area contributed by atoms with E-state index in [9.17, 15) is 0 Å². The summed E-state index contributed by atoms with van der Waals surface area (Å²) >= 11 is 0. The van der Waals surface area contributed by atoms with Crippen LogP contribution in [0.5, 0.6) is 0 Å². The first-order chi connectivity index (χ1) is 8.20. The number of ether oxygens (including phenoxy) is 1. The lowest BCUT2D eigenvalue weighted by Gasteiger charge is -2.32. The van der Waals surface area contributed by atoms with E-state index >= 15 is 0 Å². The molecule has 2 heteroatoms.